The monoisotopic (exact) mass is 442 g/mol. The van der Waals surface area contributed by atoms with Crippen LogP contribution in [0.4, 0.5) is 15.6 Å². The highest BCUT2D eigenvalue weighted by atomic mass is 35.5. The van der Waals surface area contributed by atoms with Gasteiger partial charge in [0.25, 0.3) is 0 Å². The van der Waals surface area contributed by atoms with Crippen LogP contribution in [0.15, 0.2) is 36.4 Å². The van der Waals surface area contributed by atoms with Crippen molar-refractivity contribution in [2.24, 2.45) is 0 Å². The standard InChI is InChI=1S/C17H13Cl3N4O2S/c1-9-6-10(18)3-5-14(9)26-8-15-23-24-17(27-15)22-16(25)21-13-4-2-11(19)7-12(13)20/h2-7H,8H2,1H3,(H2,21,22,24,25). The maximum atomic E-state index is 12.1. The smallest absolute Gasteiger partial charge is 0.325 e. The SMILES string of the molecule is Cc1cc(Cl)ccc1OCc1nnc(NC(=O)Nc2ccc(Cl)cc2Cl)s1. The van der Waals surface area contributed by atoms with Crippen LogP contribution in [-0.2, 0) is 6.61 Å². The third-order valence-electron chi connectivity index (χ3n) is 3.35. The zero-order valence-corrected chi connectivity index (χ0v) is 17.0. The average molecular weight is 444 g/mol. The summed E-state index contributed by atoms with van der Waals surface area (Å²) in [5.74, 6) is 0.708. The second-order valence-corrected chi connectivity index (χ2v) is 7.74. The number of nitrogens with zero attached hydrogens (tertiary/aromatic N) is 2. The fraction of sp³-hybridized carbons (Fsp3) is 0.118. The first-order valence-corrected chi connectivity index (χ1v) is 9.60. The minimum absolute atomic E-state index is 0.229. The molecule has 6 nitrogen and oxygen atoms in total. The summed E-state index contributed by atoms with van der Waals surface area (Å²) in [6, 6.07) is 9.65. The average Bonchev–Trinajstić information content (AvgIpc) is 3.04. The van der Waals surface area contributed by atoms with E-state index in [0.29, 0.717) is 36.6 Å². The molecule has 2 aromatic carbocycles. The van der Waals surface area contributed by atoms with Gasteiger partial charge in [0, 0.05) is 10.0 Å². The molecule has 0 saturated carbocycles. The van der Waals surface area contributed by atoms with E-state index in [0.717, 1.165) is 5.56 Å². The molecule has 0 saturated heterocycles. The molecule has 2 amide bonds. The van der Waals surface area contributed by atoms with Crippen molar-refractivity contribution in [3.8, 4) is 5.75 Å². The highest BCUT2D eigenvalue weighted by Crippen LogP contribution is 2.26. The Kier molecular flexibility index (Phi) is 6.38. The van der Waals surface area contributed by atoms with Crippen LogP contribution >= 0.6 is 46.1 Å². The summed E-state index contributed by atoms with van der Waals surface area (Å²) in [6.45, 7) is 2.13. The van der Waals surface area contributed by atoms with Crippen molar-refractivity contribution in [3.05, 3.63) is 62.0 Å². The van der Waals surface area contributed by atoms with Gasteiger partial charge in [-0.1, -0.05) is 46.1 Å². The molecule has 0 aliphatic carbocycles. The molecule has 0 radical (unpaired) electrons. The third kappa shape index (κ3) is 5.46. The number of aromatic nitrogens is 2. The van der Waals surface area contributed by atoms with Gasteiger partial charge in [-0.2, -0.15) is 0 Å². The molecule has 0 atom stereocenters. The zero-order valence-electron chi connectivity index (χ0n) is 13.9. The first-order valence-electron chi connectivity index (χ1n) is 7.65. The van der Waals surface area contributed by atoms with Gasteiger partial charge in [0.1, 0.15) is 12.4 Å². The van der Waals surface area contributed by atoms with Crippen molar-refractivity contribution in [1.29, 1.82) is 0 Å². The lowest BCUT2D eigenvalue weighted by molar-refractivity contribution is 0.262. The van der Waals surface area contributed by atoms with Crippen LogP contribution in [0.1, 0.15) is 10.6 Å². The predicted octanol–water partition coefficient (Wildman–Crippen LogP) is 6.03. The Morgan fingerprint density at radius 1 is 1.07 bits per heavy atom. The van der Waals surface area contributed by atoms with Crippen molar-refractivity contribution in [3.63, 3.8) is 0 Å². The van der Waals surface area contributed by atoms with Gasteiger partial charge in [0.05, 0.1) is 10.7 Å². The highest BCUT2D eigenvalue weighted by molar-refractivity contribution is 7.15. The van der Waals surface area contributed by atoms with Crippen molar-refractivity contribution in [1.82, 2.24) is 10.2 Å². The number of aryl methyl sites for hydroxylation is 1. The van der Waals surface area contributed by atoms with Crippen LogP contribution in [0.3, 0.4) is 0 Å². The van der Waals surface area contributed by atoms with E-state index in [-0.39, 0.29) is 6.61 Å². The molecule has 2 N–H and O–H groups in total. The van der Waals surface area contributed by atoms with Crippen LogP contribution in [0.25, 0.3) is 0 Å². The number of anilines is 2. The molecule has 0 unspecified atom stereocenters. The maximum Gasteiger partial charge on any atom is 0.325 e. The number of amides is 2. The number of nitrogens with one attached hydrogen (secondary N) is 2. The van der Waals surface area contributed by atoms with E-state index in [4.69, 9.17) is 39.5 Å². The number of carbonyl (C=O) groups is 1. The Hall–Kier alpha value is -2.06. The van der Waals surface area contributed by atoms with Crippen molar-refractivity contribution in [2.45, 2.75) is 13.5 Å². The van der Waals surface area contributed by atoms with Gasteiger partial charge in [-0.3, -0.25) is 5.32 Å². The fourth-order valence-corrected chi connectivity index (χ4v) is 3.45. The predicted molar refractivity (Wildman–Crippen MR) is 110 cm³/mol. The molecule has 10 heteroatoms. The summed E-state index contributed by atoms with van der Waals surface area (Å²) in [5.41, 5.74) is 1.36. The van der Waals surface area contributed by atoms with E-state index in [1.54, 1.807) is 24.3 Å². The van der Waals surface area contributed by atoms with Gasteiger partial charge in [-0.25, -0.2) is 4.79 Å². The Bertz CT molecular complexity index is 981. The number of benzene rings is 2. The number of rotatable bonds is 5. The summed E-state index contributed by atoms with van der Waals surface area (Å²) in [6.07, 6.45) is 0. The second-order valence-electron chi connectivity index (χ2n) is 5.40. The maximum absolute atomic E-state index is 12.1. The van der Waals surface area contributed by atoms with Gasteiger partial charge in [-0.15, -0.1) is 10.2 Å². The normalized spacial score (nSPS) is 10.5. The molecule has 0 aliphatic rings. The zero-order chi connectivity index (χ0) is 19.4. The Labute approximate surface area is 174 Å². The van der Waals surface area contributed by atoms with E-state index in [1.807, 2.05) is 13.0 Å². The van der Waals surface area contributed by atoms with Crippen molar-refractivity contribution >= 4 is 63.0 Å². The number of hydrogen-bond donors (Lipinski definition) is 2. The quantitative estimate of drug-likeness (QED) is 0.505. The highest BCUT2D eigenvalue weighted by Gasteiger charge is 2.11. The fourth-order valence-electron chi connectivity index (χ4n) is 2.12. The minimum Gasteiger partial charge on any atom is -0.486 e. The lowest BCUT2D eigenvalue weighted by atomic mass is 10.2. The largest absolute Gasteiger partial charge is 0.486 e. The van der Waals surface area contributed by atoms with Gasteiger partial charge >= 0.3 is 6.03 Å². The molecule has 0 spiro atoms. The summed E-state index contributed by atoms with van der Waals surface area (Å²) in [4.78, 5) is 12.1. The second kappa shape index (κ2) is 8.75. The number of carbonyl (C=O) groups excluding carboxylic acids is 1. The minimum atomic E-state index is -0.489. The Morgan fingerprint density at radius 3 is 2.56 bits per heavy atom. The van der Waals surface area contributed by atoms with Gasteiger partial charge in [0.2, 0.25) is 5.13 Å². The van der Waals surface area contributed by atoms with E-state index < -0.39 is 6.03 Å². The first-order chi connectivity index (χ1) is 12.9. The molecule has 0 fully saturated rings. The molecule has 0 bridgehead atoms. The molecular weight excluding hydrogens is 431 g/mol. The summed E-state index contributed by atoms with van der Waals surface area (Å²) in [5, 5.41) is 15.6. The van der Waals surface area contributed by atoms with Gasteiger partial charge in [-0.05, 0) is 48.9 Å². The van der Waals surface area contributed by atoms with Crippen LogP contribution < -0.4 is 15.4 Å². The van der Waals surface area contributed by atoms with E-state index in [1.165, 1.54) is 17.4 Å². The van der Waals surface area contributed by atoms with Crippen LogP contribution in [0, 0.1) is 6.92 Å². The third-order valence-corrected chi connectivity index (χ3v) is 4.95. The molecule has 27 heavy (non-hydrogen) atoms. The molecule has 0 aliphatic heterocycles. The number of ether oxygens (including phenoxy) is 1. The molecule has 3 aromatic rings. The Balaban J connectivity index is 1.56. The van der Waals surface area contributed by atoms with E-state index in [9.17, 15) is 4.79 Å². The van der Waals surface area contributed by atoms with E-state index in [2.05, 4.69) is 20.8 Å². The van der Waals surface area contributed by atoms with E-state index >= 15 is 0 Å². The topological polar surface area (TPSA) is 76.1 Å². The van der Waals surface area contributed by atoms with Crippen molar-refractivity contribution < 1.29 is 9.53 Å². The first kappa shape index (κ1) is 19.7. The van der Waals surface area contributed by atoms with Crippen LogP contribution in [-0.4, -0.2) is 16.2 Å². The van der Waals surface area contributed by atoms with Crippen LogP contribution in [0.5, 0.6) is 5.75 Å². The van der Waals surface area contributed by atoms with Gasteiger partial charge in [0.15, 0.2) is 5.01 Å². The van der Waals surface area contributed by atoms with Crippen LogP contribution in [0.2, 0.25) is 15.1 Å². The summed E-state index contributed by atoms with van der Waals surface area (Å²) < 4.78 is 5.71. The molecular formula is C17H13Cl3N4O2S. The molecule has 140 valence electrons. The number of hydrogen-bond acceptors (Lipinski definition) is 5. The number of halogens is 3. The Morgan fingerprint density at radius 2 is 1.81 bits per heavy atom. The molecule has 1 aromatic heterocycles. The number of urea groups is 1. The molecule has 3 rings (SSSR count). The lowest BCUT2D eigenvalue weighted by Crippen LogP contribution is -2.19. The van der Waals surface area contributed by atoms with Crippen molar-refractivity contribution in [2.75, 3.05) is 10.6 Å². The summed E-state index contributed by atoms with van der Waals surface area (Å²) >= 11 is 19.0. The molecule has 1 heterocycles. The summed E-state index contributed by atoms with van der Waals surface area (Å²) in [7, 11) is 0. The van der Waals surface area contributed by atoms with Gasteiger partial charge < -0.3 is 10.1 Å². The lowest BCUT2D eigenvalue weighted by Gasteiger charge is -2.07.